The number of allylic oxidation sites excluding steroid dienone is 5. The van der Waals surface area contributed by atoms with E-state index < -0.39 is 10.0 Å². The van der Waals surface area contributed by atoms with E-state index in [4.69, 9.17) is 0 Å². The van der Waals surface area contributed by atoms with Crippen LogP contribution in [0.1, 0.15) is 32.3 Å². The average molecular weight is 317 g/mol. The molecule has 118 valence electrons. The van der Waals surface area contributed by atoms with E-state index in [0.717, 1.165) is 18.4 Å². The molecule has 22 heavy (non-hydrogen) atoms. The molecule has 0 fully saturated rings. The van der Waals surface area contributed by atoms with Crippen molar-refractivity contribution in [1.29, 1.82) is 0 Å². The molecule has 4 heteroatoms. The summed E-state index contributed by atoms with van der Waals surface area (Å²) in [5.41, 5.74) is 5.12. The Hall–Kier alpha value is -1.65. The topological polar surface area (TPSA) is 46.2 Å². The predicted octanol–water partition coefficient (Wildman–Crippen LogP) is 3.89. The van der Waals surface area contributed by atoms with Gasteiger partial charge in [-0.15, -0.1) is 0 Å². The highest BCUT2D eigenvalue weighted by Crippen LogP contribution is 2.24. The maximum atomic E-state index is 12.1. The molecule has 0 saturated heterocycles. The molecule has 0 atom stereocenters. The van der Waals surface area contributed by atoms with Crippen molar-refractivity contribution in [2.24, 2.45) is 0 Å². The Bertz CT molecular complexity index is 723. The van der Waals surface area contributed by atoms with E-state index in [1.54, 1.807) is 24.3 Å². The molecule has 0 unspecified atom stereocenters. The highest BCUT2D eigenvalue weighted by atomic mass is 32.2. The standard InChI is InChI=1S/C18H23NO2S/c1-14-6-10-18(11-7-14)22(20,21)19-12-4-5-17-9-8-15(2)16(3)13-17/h4-7,9-11,19H,8,12-13H2,1-3H3/b5-4+. The largest absolute Gasteiger partial charge is 0.240 e. The van der Waals surface area contributed by atoms with Crippen LogP contribution in [-0.2, 0) is 10.0 Å². The predicted molar refractivity (Wildman–Crippen MR) is 91.2 cm³/mol. The van der Waals surface area contributed by atoms with E-state index >= 15 is 0 Å². The SMILES string of the molecule is CC1=C(C)CC(/C=C/CNS(=O)(=O)c2ccc(C)cc2)=CC1. The van der Waals surface area contributed by atoms with Crippen LogP contribution in [0.3, 0.4) is 0 Å². The molecular weight excluding hydrogens is 294 g/mol. The van der Waals surface area contributed by atoms with Crippen molar-refractivity contribution in [2.75, 3.05) is 6.54 Å². The zero-order chi connectivity index (χ0) is 16.2. The highest BCUT2D eigenvalue weighted by Gasteiger charge is 2.11. The molecule has 0 bridgehead atoms. The van der Waals surface area contributed by atoms with Gasteiger partial charge in [-0.2, -0.15) is 0 Å². The minimum Gasteiger partial charge on any atom is -0.207 e. The minimum atomic E-state index is -3.43. The van der Waals surface area contributed by atoms with Crippen LogP contribution >= 0.6 is 0 Å². The molecule has 3 nitrogen and oxygen atoms in total. The van der Waals surface area contributed by atoms with Gasteiger partial charge in [-0.1, -0.05) is 47.1 Å². The van der Waals surface area contributed by atoms with Gasteiger partial charge in [-0.3, -0.25) is 0 Å². The highest BCUT2D eigenvalue weighted by molar-refractivity contribution is 7.89. The van der Waals surface area contributed by atoms with Gasteiger partial charge >= 0.3 is 0 Å². The van der Waals surface area contributed by atoms with Crippen LogP contribution in [0.4, 0.5) is 0 Å². The first kappa shape index (κ1) is 16.7. The summed E-state index contributed by atoms with van der Waals surface area (Å²) in [6.07, 6.45) is 8.01. The van der Waals surface area contributed by atoms with Crippen molar-refractivity contribution in [3.63, 3.8) is 0 Å². The lowest BCUT2D eigenvalue weighted by atomic mass is 9.93. The van der Waals surface area contributed by atoms with Crippen molar-refractivity contribution in [2.45, 2.75) is 38.5 Å². The summed E-state index contributed by atoms with van der Waals surface area (Å²) >= 11 is 0. The maximum Gasteiger partial charge on any atom is 0.240 e. The molecule has 0 heterocycles. The number of rotatable bonds is 5. The molecule has 0 amide bonds. The van der Waals surface area contributed by atoms with Crippen LogP contribution < -0.4 is 4.72 Å². The van der Waals surface area contributed by atoms with E-state index in [1.165, 1.54) is 16.7 Å². The number of hydrogen-bond donors (Lipinski definition) is 1. The first-order valence-electron chi connectivity index (χ1n) is 7.45. The summed E-state index contributed by atoms with van der Waals surface area (Å²) in [5, 5.41) is 0. The van der Waals surface area contributed by atoms with Crippen molar-refractivity contribution in [1.82, 2.24) is 4.72 Å². The third-order valence-corrected chi connectivity index (χ3v) is 5.36. The second-order valence-electron chi connectivity index (χ2n) is 5.79. The van der Waals surface area contributed by atoms with Crippen molar-refractivity contribution >= 4 is 10.0 Å². The first-order chi connectivity index (χ1) is 10.4. The fraction of sp³-hybridized carbons (Fsp3) is 0.333. The van der Waals surface area contributed by atoms with Crippen LogP contribution in [0.5, 0.6) is 0 Å². The lowest BCUT2D eigenvalue weighted by molar-refractivity contribution is 0.585. The van der Waals surface area contributed by atoms with Gasteiger partial charge in [0.05, 0.1) is 4.90 Å². The second-order valence-corrected chi connectivity index (χ2v) is 7.55. The maximum absolute atomic E-state index is 12.1. The van der Waals surface area contributed by atoms with Gasteiger partial charge < -0.3 is 0 Å². The monoisotopic (exact) mass is 317 g/mol. The van der Waals surface area contributed by atoms with E-state index in [-0.39, 0.29) is 0 Å². The van der Waals surface area contributed by atoms with Gasteiger partial charge in [0.15, 0.2) is 0 Å². The molecule has 1 N–H and O–H groups in total. The Labute approximate surface area is 133 Å². The molecular formula is C18H23NO2S. The zero-order valence-corrected chi connectivity index (χ0v) is 14.2. The number of nitrogens with one attached hydrogen (secondary N) is 1. The van der Waals surface area contributed by atoms with E-state index in [0.29, 0.717) is 11.4 Å². The Balaban J connectivity index is 1.91. The van der Waals surface area contributed by atoms with Gasteiger partial charge in [0.25, 0.3) is 0 Å². The summed E-state index contributed by atoms with van der Waals surface area (Å²) in [5.74, 6) is 0. The molecule has 0 aliphatic heterocycles. The number of benzene rings is 1. The molecule has 2 rings (SSSR count). The van der Waals surface area contributed by atoms with Crippen LogP contribution in [0.15, 0.2) is 64.1 Å². The van der Waals surface area contributed by atoms with Crippen LogP contribution in [0.2, 0.25) is 0 Å². The Morgan fingerprint density at radius 2 is 1.77 bits per heavy atom. The van der Waals surface area contributed by atoms with Gasteiger partial charge in [-0.05, 0) is 51.3 Å². The molecule has 1 aliphatic rings. The minimum absolute atomic E-state index is 0.301. The van der Waals surface area contributed by atoms with Crippen LogP contribution in [0, 0.1) is 6.92 Å². The Morgan fingerprint density at radius 3 is 2.41 bits per heavy atom. The first-order valence-corrected chi connectivity index (χ1v) is 8.94. The summed E-state index contributed by atoms with van der Waals surface area (Å²) < 4.78 is 26.8. The van der Waals surface area contributed by atoms with Gasteiger partial charge in [0.2, 0.25) is 10.0 Å². The van der Waals surface area contributed by atoms with E-state index in [1.807, 2.05) is 19.1 Å². The lowest BCUT2D eigenvalue weighted by Gasteiger charge is -2.13. The van der Waals surface area contributed by atoms with Crippen molar-refractivity contribution in [3.8, 4) is 0 Å². The molecule has 0 radical (unpaired) electrons. The molecule has 1 aromatic carbocycles. The van der Waals surface area contributed by atoms with Gasteiger partial charge in [0.1, 0.15) is 0 Å². The molecule has 0 spiro atoms. The summed E-state index contributed by atoms with van der Waals surface area (Å²) in [4.78, 5) is 0.304. The van der Waals surface area contributed by atoms with Crippen molar-refractivity contribution in [3.05, 3.63) is 64.8 Å². The molecule has 0 saturated carbocycles. The molecule has 0 aromatic heterocycles. The Kier molecular flexibility index (Phi) is 5.37. The van der Waals surface area contributed by atoms with E-state index in [9.17, 15) is 8.42 Å². The summed E-state index contributed by atoms with van der Waals surface area (Å²) in [6, 6.07) is 6.85. The van der Waals surface area contributed by atoms with E-state index in [2.05, 4.69) is 24.6 Å². The second kappa shape index (κ2) is 7.07. The molecule has 1 aliphatic carbocycles. The number of sulfonamides is 1. The van der Waals surface area contributed by atoms with Gasteiger partial charge in [0, 0.05) is 6.54 Å². The molecule has 1 aromatic rings. The van der Waals surface area contributed by atoms with Crippen LogP contribution in [-0.4, -0.2) is 15.0 Å². The smallest absolute Gasteiger partial charge is 0.207 e. The average Bonchev–Trinajstić information content (AvgIpc) is 2.48. The quantitative estimate of drug-likeness (QED) is 0.838. The Morgan fingerprint density at radius 1 is 1.09 bits per heavy atom. The van der Waals surface area contributed by atoms with Crippen LogP contribution in [0.25, 0.3) is 0 Å². The summed E-state index contributed by atoms with van der Waals surface area (Å²) in [6.45, 7) is 6.54. The third kappa shape index (κ3) is 4.42. The van der Waals surface area contributed by atoms with Crippen molar-refractivity contribution < 1.29 is 8.42 Å². The normalized spacial score (nSPS) is 16.2. The zero-order valence-electron chi connectivity index (χ0n) is 13.4. The summed E-state index contributed by atoms with van der Waals surface area (Å²) in [7, 11) is -3.43. The fourth-order valence-electron chi connectivity index (χ4n) is 2.28. The fourth-order valence-corrected chi connectivity index (χ4v) is 3.26. The number of hydrogen-bond acceptors (Lipinski definition) is 2. The number of aryl methyl sites for hydroxylation is 1. The third-order valence-electron chi connectivity index (χ3n) is 3.92. The lowest BCUT2D eigenvalue weighted by Crippen LogP contribution is -2.23. The van der Waals surface area contributed by atoms with Gasteiger partial charge in [-0.25, -0.2) is 13.1 Å².